The fraction of sp³-hybridized carbons (Fsp3) is 0.400. The van der Waals surface area contributed by atoms with Crippen molar-refractivity contribution in [2.45, 2.75) is 17.2 Å². The average molecular weight is 267 g/mol. The van der Waals surface area contributed by atoms with Gasteiger partial charge in [0.25, 0.3) is 0 Å². The van der Waals surface area contributed by atoms with Crippen LogP contribution in [0.15, 0.2) is 23.1 Å². The molecule has 1 aromatic carbocycles. The molecular formula is C10H12F3NO2S. The van der Waals surface area contributed by atoms with Crippen LogP contribution in [0.3, 0.4) is 0 Å². The van der Waals surface area contributed by atoms with Crippen LogP contribution in [0.2, 0.25) is 0 Å². The quantitative estimate of drug-likeness (QED) is 0.574. The van der Waals surface area contributed by atoms with Gasteiger partial charge in [-0.2, -0.15) is 13.2 Å². The van der Waals surface area contributed by atoms with Gasteiger partial charge in [0.2, 0.25) is 0 Å². The van der Waals surface area contributed by atoms with Gasteiger partial charge in [0, 0.05) is 16.3 Å². The maximum atomic E-state index is 12.7. The Labute approximate surface area is 100 Å². The maximum Gasteiger partial charge on any atom is 0.417 e. The largest absolute Gasteiger partial charge is 0.417 e. The number of alkyl halides is 3. The number of hydrogen-bond donors (Lipinski definition) is 3. The molecule has 1 unspecified atom stereocenters. The molecule has 3 nitrogen and oxygen atoms in total. The second kappa shape index (κ2) is 5.61. The van der Waals surface area contributed by atoms with Crippen LogP contribution in [0.1, 0.15) is 5.56 Å². The van der Waals surface area contributed by atoms with Crippen molar-refractivity contribution < 1.29 is 23.4 Å². The zero-order valence-corrected chi connectivity index (χ0v) is 9.55. The second-order valence-corrected chi connectivity index (χ2v) is 4.46. The van der Waals surface area contributed by atoms with Crippen molar-refractivity contribution in [3.05, 3.63) is 23.8 Å². The van der Waals surface area contributed by atoms with E-state index in [2.05, 4.69) is 0 Å². The topological polar surface area (TPSA) is 66.5 Å². The number of benzene rings is 1. The van der Waals surface area contributed by atoms with Gasteiger partial charge in [0.15, 0.2) is 0 Å². The van der Waals surface area contributed by atoms with E-state index >= 15 is 0 Å². The zero-order chi connectivity index (χ0) is 13.1. The number of nitrogen functional groups attached to an aromatic ring is 1. The third-order valence-electron chi connectivity index (χ3n) is 1.95. The molecule has 0 spiro atoms. The molecule has 0 aliphatic heterocycles. The summed E-state index contributed by atoms with van der Waals surface area (Å²) in [6.45, 7) is -0.483. The number of rotatable bonds is 4. The standard InChI is InChI=1S/C10H12F3NO2S/c11-10(12,13)8-3-6(14)1-2-9(8)17-5-7(16)4-15/h1-3,7,15-16H,4-5,14H2. The molecule has 0 aromatic heterocycles. The molecule has 1 atom stereocenters. The predicted molar refractivity (Wildman–Crippen MR) is 59.7 cm³/mol. The van der Waals surface area contributed by atoms with E-state index in [4.69, 9.17) is 15.9 Å². The highest BCUT2D eigenvalue weighted by Crippen LogP contribution is 2.37. The second-order valence-electron chi connectivity index (χ2n) is 3.40. The van der Waals surface area contributed by atoms with Crippen LogP contribution in [0, 0.1) is 0 Å². The molecule has 96 valence electrons. The molecule has 0 bridgehead atoms. The summed E-state index contributed by atoms with van der Waals surface area (Å²) in [5.41, 5.74) is 4.51. The summed E-state index contributed by atoms with van der Waals surface area (Å²) in [5.74, 6) is -0.0104. The molecule has 0 fully saturated rings. The zero-order valence-electron chi connectivity index (χ0n) is 8.74. The van der Waals surface area contributed by atoms with Gasteiger partial charge < -0.3 is 15.9 Å². The average Bonchev–Trinajstić information content (AvgIpc) is 2.25. The van der Waals surface area contributed by atoms with Crippen LogP contribution in [-0.2, 0) is 6.18 Å². The van der Waals surface area contributed by atoms with Crippen LogP contribution < -0.4 is 5.73 Å². The number of nitrogens with two attached hydrogens (primary N) is 1. The number of halogens is 3. The lowest BCUT2D eigenvalue weighted by molar-refractivity contribution is -0.139. The Kier molecular flexibility index (Phi) is 4.67. The molecule has 7 heteroatoms. The summed E-state index contributed by atoms with van der Waals surface area (Å²) < 4.78 is 38.0. The first-order valence-corrected chi connectivity index (χ1v) is 5.71. The Morgan fingerprint density at radius 2 is 2.00 bits per heavy atom. The first-order chi connectivity index (χ1) is 7.84. The monoisotopic (exact) mass is 267 g/mol. The van der Waals surface area contributed by atoms with Crippen LogP contribution in [0.5, 0.6) is 0 Å². The Morgan fingerprint density at radius 1 is 1.35 bits per heavy atom. The van der Waals surface area contributed by atoms with Crippen molar-refractivity contribution in [1.82, 2.24) is 0 Å². The Balaban J connectivity index is 2.91. The van der Waals surface area contributed by atoms with Crippen molar-refractivity contribution in [3.63, 3.8) is 0 Å². The van der Waals surface area contributed by atoms with E-state index in [1.807, 2.05) is 0 Å². The van der Waals surface area contributed by atoms with Crippen LogP contribution in [0.25, 0.3) is 0 Å². The van der Waals surface area contributed by atoms with E-state index in [1.165, 1.54) is 12.1 Å². The van der Waals surface area contributed by atoms with E-state index < -0.39 is 24.5 Å². The molecule has 17 heavy (non-hydrogen) atoms. The molecule has 4 N–H and O–H groups in total. The van der Waals surface area contributed by atoms with Crippen LogP contribution in [0.4, 0.5) is 18.9 Å². The first-order valence-electron chi connectivity index (χ1n) is 4.73. The molecule has 0 aliphatic carbocycles. The van der Waals surface area contributed by atoms with Gasteiger partial charge in [0.1, 0.15) is 0 Å². The lowest BCUT2D eigenvalue weighted by atomic mass is 10.2. The van der Waals surface area contributed by atoms with E-state index in [-0.39, 0.29) is 16.3 Å². The highest BCUT2D eigenvalue weighted by atomic mass is 32.2. The maximum absolute atomic E-state index is 12.7. The minimum absolute atomic E-state index is 0.0104. The van der Waals surface area contributed by atoms with Gasteiger partial charge in [-0.25, -0.2) is 0 Å². The Morgan fingerprint density at radius 3 is 2.53 bits per heavy atom. The molecule has 0 heterocycles. The summed E-state index contributed by atoms with van der Waals surface area (Å²) in [6, 6.07) is 3.48. The summed E-state index contributed by atoms with van der Waals surface area (Å²) in [7, 11) is 0. The fourth-order valence-corrected chi connectivity index (χ4v) is 2.11. The number of hydrogen-bond acceptors (Lipinski definition) is 4. The van der Waals surface area contributed by atoms with Gasteiger partial charge >= 0.3 is 6.18 Å². The molecule has 1 aromatic rings. The SMILES string of the molecule is Nc1ccc(SCC(O)CO)c(C(F)(F)F)c1. The smallest absolute Gasteiger partial charge is 0.399 e. The van der Waals surface area contributed by atoms with E-state index in [0.29, 0.717) is 0 Å². The van der Waals surface area contributed by atoms with E-state index in [9.17, 15) is 13.2 Å². The third-order valence-corrected chi connectivity index (χ3v) is 3.17. The van der Waals surface area contributed by atoms with Crippen molar-refractivity contribution in [3.8, 4) is 0 Å². The number of aliphatic hydroxyl groups excluding tert-OH is 2. The van der Waals surface area contributed by atoms with Crippen molar-refractivity contribution in [1.29, 1.82) is 0 Å². The van der Waals surface area contributed by atoms with E-state index in [1.54, 1.807) is 0 Å². The highest BCUT2D eigenvalue weighted by Gasteiger charge is 2.33. The number of anilines is 1. The molecule has 0 saturated carbocycles. The fourth-order valence-electron chi connectivity index (χ4n) is 1.13. The molecule has 0 radical (unpaired) electrons. The molecular weight excluding hydrogens is 255 g/mol. The Bertz CT molecular complexity index is 384. The lowest BCUT2D eigenvalue weighted by Crippen LogP contribution is -2.15. The van der Waals surface area contributed by atoms with Crippen molar-refractivity contribution in [2.75, 3.05) is 18.1 Å². The normalized spacial score (nSPS) is 13.7. The summed E-state index contributed by atoms with van der Waals surface area (Å²) in [4.78, 5) is -0.0146. The van der Waals surface area contributed by atoms with Crippen molar-refractivity contribution in [2.24, 2.45) is 0 Å². The number of thioether (sulfide) groups is 1. The van der Waals surface area contributed by atoms with Gasteiger partial charge in [-0.15, -0.1) is 11.8 Å². The van der Waals surface area contributed by atoms with Gasteiger partial charge in [0.05, 0.1) is 18.3 Å². The van der Waals surface area contributed by atoms with Gasteiger partial charge in [-0.1, -0.05) is 0 Å². The van der Waals surface area contributed by atoms with Gasteiger partial charge in [-0.05, 0) is 18.2 Å². The molecule has 0 aliphatic rings. The predicted octanol–water partition coefficient (Wildman–Crippen LogP) is 1.73. The summed E-state index contributed by atoms with van der Waals surface area (Å²) in [5, 5.41) is 17.7. The lowest BCUT2D eigenvalue weighted by Gasteiger charge is -2.14. The first kappa shape index (κ1) is 14.1. The van der Waals surface area contributed by atoms with Crippen molar-refractivity contribution >= 4 is 17.4 Å². The van der Waals surface area contributed by atoms with E-state index in [0.717, 1.165) is 17.8 Å². The van der Waals surface area contributed by atoms with Gasteiger partial charge in [-0.3, -0.25) is 0 Å². The van der Waals surface area contributed by atoms with Crippen LogP contribution in [-0.4, -0.2) is 28.7 Å². The summed E-state index contributed by atoms with van der Waals surface area (Å²) in [6.07, 6.45) is -5.53. The summed E-state index contributed by atoms with van der Waals surface area (Å²) >= 11 is 0.830. The Hall–Kier alpha value is -0.920. The molecule has 1 rings (SSSR count). The van der Waals surface area contributed by atoms with Crippen LogP contribution >= 0.6 is 11.8 Å². The molecule has 0 amide bonds. The highest BCUT2D eigenvalue weighted by molar-refractivity contribution is 7.99. The minimum atomic E-state index is -4.48. The molecule has 0 saturated heterocycles. The minimum Gasteiger partial charge on any atom is -0.399 e. The third kappa shape index (κ3) is 4.10. The number of aliphatic hydroxyl groups is 2.